The van der Waals surface area contributed by atoms with E-state index in [1.54, 1.807) is 11.8 Å². The van der Waals surface area contributed by atoms with Gasteiger partial charge in [0.25, 0.3) is 0 Å². The van der Waals surface area contributed by atoms with Gasteiger partial charge in [0.05, 0.1) is 0 Å². The first-order chi connectivity index (χ1) is 10.4. The fourth-order valence-electron chi connectivity index (χ4n) is 1.94. The maximum Gasteiger partial charge on any atom is 0.312 e. The number of urea groups is 1. The van der Waals surface area contributed by atoms with Crippen molar-refractivity contribution in [3.05, 3.63) is 29.8 Å². The van der Waals surface area contributed by atoms with Crippen LogP contribution in [-0.4, -0.2) is 30.3 Å². The van der Waals surface area contributed by atoms with Crippen LogP contribution in [0.25, 0.3) is 0 Å². The minimum absolute atomic E-state index is 0.0391. The second kappa shape index (κ2) is 9.35. The molecule has 0 spiro atoms. The number of rotatable bonds is 8. The number of benzene rings is 1. The standard InChI is InChI=1S/C16H25N3O2S/c1-4-12(3)14(19-16(17)21)15(20)18-9-10-22-13-7-5-11(2)6-8-13/h5-8,12,14H,4,9-10H2,1-3H3,(H,18,20)(H3,17,19,21). The number of carbonyl (C=O) groups excluding carboxylic acids is 2. The summed E-state index contributed by atoms with van der Waals surface area (Å²) in [4.78, 5) is 24.3. The topological polar surface area (TPSA) is 84.2 Å². The van der Waals surface area contributed by atoms with Crippen LogP contribution < -0.4 is 16.4 Å². The van der Waals surface area contributed by atoms with E-state index < -0.39 is 12.1 Å². The minimum Gasteiger partial charge on any atom is -0.353 e. The Morgan fingerprint density at radius 2 is 1.91 bits per heavy atom. The van der Waals surface area contributed by atoms with Crippen molar-refractivity contribution < 1.29 is 9.59 Å². The second-order valence-electron chi connectivity index (χ2n) is 5.32. The van der Waals surface area contributed by atoms with E-state index in [0.29, 0.717) is 6.54 Å². The highest BCUT2D eigenvalue weighted by Crippen LogP contribution is 2.17. The van der Waals surface area contributed by atoms with Gasteiger partial charge in [-0.1, -0.05) is 38.0 Å². The lowest BCUT2D eigenvalue weighted by molar-refractivity contribution is -0.123. The SMILES string of the molecule is CCC(C)C(NC(N)=O)C(=O)NCCSc1ccc(C)cc1. The summed E-state index contributed by atoms with van der Waals surface area (Å²) in [5.74, 6) is 0.633. The van der Waals surface area contributed by atoms with Crippen LogP contribution in [0.3, 0.4) is 0 Å². The second-order valence-corrected chi connectivity index (χ2v) is 6.49. The third kappa shape index (κ3) is 6.39. The summed E-state index contributed by atoms with van der Waals surface area (Å²) in [5, 5.41) is 5.37. The molecule has 2 atom stereocenters. The summed E-state index contributed by atoms with van der Waals surface area (Å²) < 4.78 is 0. The Hall–Kier alpha value is -1.69. The fourth-order valence-corrected chi connectivity index (χ4v) is 2.71. The van der Waals surface area contributed by atoms with Gasteiger partial charge in [-0.15, -0.1) is 11.8 Å². The van der Waals surface area contributed by atoms with E-state index >= 15 is 0 Å². The first-order valence-electron chi connectivity index (χ1n) is 7.47. The van der Waals surface area contributed by atoms with Crippen LogP contribution in [0.1, 0.15) is 25.8 Å². The zero-order valence-electron chi connectivity index (χ0n) is 13.4. The zero-order valence-corrected chi connectivity index (χ0v) is 14.2. The number of amides is 3. The average Bonchev–Trinajstić information content (AvgIpc) is 2.49. The fraction of sp³-hybridized carbons (Fsp3) is 0.500. The van der Waals surface area contributed by atoms with Crippen LogP contribution in [0.5, 0.6) is 0 Å². The Balaban J connectivity index is 2.39. The molecule has 2 unspecified atom stereocenters. The molecule has 0 aromatic heterocycles. The quantitative estimate of drug-likeness (QED) is 0.507. The number of hydrogen-bond acceptors (Lipinski definition) is 3. The molecule has 22 heavy (non-hydrogen) atoms. The predicted octanol–water partition coefficient (Wildman–Crippen LogP) is 2.29. The minimum atomic E-state index is -0.672. The lowest BCUT2D eigenvalue weighted by Gasteiger charge is -2.22. The molecular formula is C16H25N3O2S. The normalized spacial score (nSPS) is 13.2. The van der Waals surface area contributed by atoms with Crippen LogP contribution in [-0.2, 0) is 4.79 Å². The summed E-state index contributed by atoms with van der Waals surface area (Å²) in [6.07, 6.45) is 0.788. The van der Waals surface area contributed by atoms with Crippen molar-refractivity contribution in [2.45, 2.75) is 38.1 Å². The third-order valence-electron chi connectivity index (χ3n) is 3.48. The third-order valence-corrected chi connectivity index (χ3v) is 4.50. The molecule has 0 aliphatic heterocycles. The largest absolute Gasteiger partial charge is 0.353 e. The van der Waals surface area contributed by atoms with Gasteiger partial charge in [0, 0.05) is 17.2 Å². The first kappa shape index (κ1) is 18.4. The Morgan fingerprint density at radius 1 is 1.27 bits per heavy atom. The van der Waals surface area contributed by atoms with Gasteiger partial charge in [0.2, 0.25) is 5.91 Å². The average molecular weight is 323 g/mol. The van der Waals surface area contributed by atoms with Gasteiger partial charge in [0.15, 0.2) is 0 Å². The molecule has 0 saturated heterocycles. The number of thioether (sulfide) groups is 1. The van der Waals surface area contributed by atoms with Crippen LogP contribution in [0.4, 0.5) is 4.79 Å². The Bertz CT molecular complexity index is 491. The van der Waals surface area contributed by atoms with Crippen molar-refractivity contribution >= 4 is 23.7 Å². The highest BCUT2D eigenvalue weighted by atomic mass is 32.2. The molecule has 1 rings (SSSR count). The molecular weight excluding hydrogens is 298 g/mol. The molecule has 1 aromatic carbocycles. The lowest BCUT2D eigenvalue weighted by atomic mass is 9.98. The number of nitrogens with one attached hydrogen (secondary N) is 2. The van der Waals surface area contributed by atoms with Gasteiger partial charge < -0.3 is 16.4 Å². The summed E-state index contributed by atoms with van der Waals surface area (Å²) in [6.45, 7) is 6.49. The number of carbonyl (C=O) groups is 2. The van der Waals surface area contributed by atoms with Crippen molar-refractivity contribution in [3.8, 4) is 0 Å². The molecule has 3 amide bonds. The van der Waals surface area contributed by atoms with Crippen LogP contribution in [0.15, 0.2) is 29.2 Å². The van der Waals surface area contributed by atoms with Crippen LogP contribution in [0, 0.1) is 12.8 Å². The summed E-state index contributed by atoms with van der Waals surface area (Å²) >= 11 is 1.68. The van der Waals surface area contributed by atoms with Gasteiger partial charge in [-0.3, -0.25) is 4.79 Å². The van der Waals surface area contributed by atoms with Gasteiger partial charge >= 0.3 is 6.03 Å². The van der Waals surface area contributed by atoms with Gasteiger partial charge in [0.1, 0.15) is 6.04 Å². The first-order valence-corrected chi connectivity index (χ1v) is 8.45. The van der Waals surface area contributed by atoms with Crippen molar-refractivity contribution in [2.75, 3.05) is 12.3 Å². The predicted molar refractivity (Wildman–Crippen MR) is 90.9 cm³/mol. The Morgan fingerprint density at radius 3 is 2.45 bits per heavy atom. The summed E-state index contributed by atoms with van der Waals surface area (Å²) in [7, 11) is 0. The number of hydrogen-bond donors (Lipinski definition) is 3. The Labute approximate surface area is 136 Å². The number of nitrogens with two attached hydrogens (primary N) is 1. The molecule has 6 heteroatoms. The molecule has 0 heterocycles. The van der Waals surface area contributed by atoms with Gasteiger partial charge in [-0.05, 0) is 25.0 Å². The Kier molecular flexibility index (Phi) is 7.80. The highest BCUT2D eigenvalue weighted by molar-refractivity contribution is 7.99. The maximum atomic E-state index is 12.1. The molecule has 0 bridgehead atoms. The molecule has 0 radical (unpaired) electrons. The summed E-state index contributed by atoms with van der Waals surface area (Å²) in [5.41, 5.74) is 6.36. The molecule has 0 aliphatic carbocycles. The molecule has 4 N–H and O–H groups in total. The molecule has 0 aliphatic rings. The maximum absolute atomic E-state index is 12.1. The van der Waals surface area contributed by atoms with E-state index in [4.69, 9.17) is 5.73 Å². The lowest BCUT2D eigenvalue weighted by Crippen LogP contribution is -2.52. The van der Waals surface area contributed by atoms with E-state index in [-0.39, 0.29) is 11.8 Å². The van der Waals surface area contributed by atoms with Crippen molar-refractivity contribution in [3.63, 3.8) is 0 Å². The number of aryl methyl sites for hydroxylation is 1. The summed E-state index contributed by atoms with van der Waals surface area (Å²) in [6, 6.07) is 7.02. The highest BCUT2D eigenvalue weighted by Gasteiger charge is 2.24. The van der Waals surface area contributed by atoms with Crippen molar-refractivity contribution in [1.82, 2.24) is 10.6 Å². The van der Waals surface area contributed by atoms with Crippen LogP contribution >= 0.6 is 11.8 Å². The van der Waals surface area contributed by atoms with E-state index in [1.165, 1.54) is 10.5 Å². The molecule has 1 aromatic rings. The van der Waals surface area contributed by atoms with Gasteiger partial charge in [-0.25, -0.2) is 4.79 Å². The molecule has 122 valence electrons. The monoisotopic (exact) mass is 323 g/mol. The van der Waals surface area contributed by atoms with E-state index in [0.717, 1.165) is 12.2 Å². The number of primary amides is 1. The van der Waals surface area contributed by atoms with Crippen molar-refractivity contribution in [1.29, 1.82) is 0 Å². The van der Waals surface area contributed by atoms with Gasteiger partial charge in [-0.2, -0.15) is 0 Å². The molecule has 0 fully saturated rings. The van der Waals surface area contributed by atoms with E-state index in [9.17, 15) is 9.59 Å². The van der Waals surface area contributed by atoms with Crippen LogP contribution in [0.2, 0.25) is 0 Å². The zero-order chi connectivity index (χ0) is 16.5. The molecule has 5 nitrogen and oxygen atoms in total. The molecule has 0 saturated carbocycles. The smallest absolute Gasteiger partial charge is 0.312 e. The van der Waals surface area contributed by atoms with E-state index in [2.05, 4.69) is 41.8 Å². The van der Waals surface area contributed by atoms with Crippen molar-refractivity contribution in [2.24, 2.45) is 11.7 Å². The van der Waals surface area contributed by atoms with E-state index in [1.807, 2.05) is 13.8 Å².